The lowest BCUT2D eigenvalue weighted by Gasteiger charge is -2.29. The second-order valence-corrected chi connectivity index (χ2v) is 5.70. The predicted molar refractivity (Wildman–Crippen MR) is 71.7 cm³/mol. The lowest BCUT2D eigenvalue weighted by atomic mass is 9.86. The van der Waals surface area contributed by atoms with Crippen molar-refractivity contribution in [2.75, 3.05) is 6.61 Å². The van der Waals surface area contributed by atoms with Crippen molar-refractivity contribution in [3.63, 3.8) is 0 Å². The van der Waals surface area contributed by atoms with Gasteiger partial charge in [-0.3, -0.25) is 9.59 Å². The fourth-order valence-electron chi connectivity index (χ4n) is 2.81. The van der Waals surface area contributed by atoms with Gasteiger partial charge in [0.15, 0.2) is 6.61 Å². The second-order valence-electron chi connectivity index (χ2n) is 5.70. The first-order chi connectivity index (χ1) is 9.56. The molecule has 0 aromatic heterocycles. The van der Waals surface area contributed by atoms with Crippen LogP contribution in [0.15, 0.2) is 0 Å². The Morgan fingerprint density at radius 3 is 2.70 bits per heavy atom. The van der Waals surface area contributed by atoms with Crippen molar-refractivity contribution in [1.29, 1.82) is 0 Å². The molecule has 1 saturated carbocycles. The number of nitrogens with one attached hydrogen (secondary N) is 2. The van der Waals surface area contributed by atoms with Crippen LogP contribution in [0.2, 0.25) is 0 Å². The van der Waals surface area contributed by atoms with E-state index in [1.165, 1.54) is 6.42 Å². The van der Waals surface area contributed by atoms with Crippen molar-refractivity contribution in [2.24, 2.45) is 5.92 Å². The molecule has 2 fully saturated rings. The van der Waals surface area contributed by atoms with Crippen molar-refractivity contribution in [3.05, 3.63) is 0 Å². The third-order valence-electron chi connectivity index (χ3n) is 4.08. The topological polar surface area (TPSA) is 84.5 Å². The highest BCUT2D eigenvalue weighted by Gasteiger charge is 2.29. The van der Waals surface area contributed by atoms with Gasteiger partial charge in [0.1, 0.15) is 6.04 Å². The largest absolute Gasteiger partial charge is 0.454 e. The molecule has 0 bridgehead atoms. The number of esters is 1. The van der Waals surface area contributed by atoms with E-state index in [9.17, 15) is 14.4 Å². The molecule has 2 aliphatic rings. The van der Waals surface area contributed by atoms with E-state index in [-0.39, 0.29) is 24.5 Å². The average Bonchev–Trinajstić information content (AvgIpc) is 2.85. The van der Waals surface area contributed by atoms with Crippen LogP contribution >= 0.6 is 0 Å². The van der Waals surface area contributed by atoms with E-state index in [0.717, 1.165) is 19.3 Å². The Labute approximate surface area is 118 Å². The Kier molecular flexibility index (Phi) is 4.98. The molecular formula is C14H22N2O4. The van der Waals surface area contributed by atoms with Gasteiger partial charge in [-0.25, -0.2) is 4.79 Å². The Hall–Kier alpha value is -1.59. The molecule has 0 unspecified atom stereocenters. The van der Waals surface area contributed by atoms with Crippen LogP contribution in [-0.2, 0) is 19.1 Å². The summed E-state index contributed by atoms with van der Waals surface area (Å²) in [4.78, 5) is 34.4. The molecule has 2 N–H and O–H groups in total. The number of ether oxygens (including phenoxy) is 1. The summed E-state index contributed by atoms with van der Waals surface area (Å²) < 4.78 is 4.95. The molecule has 3 atom stereocenters. The minimum Gasteiger partial charge on any atom is -0.454 e. The molecule has 2 amide bonds. The van der Waals surface area contributed by atoms with Crippen LogP contribution in [0, 0.1) is 5.92 Å². The van der Waals surface area contributed by atoms with Gasteiger partial charge >= 0.3 is 5.97 Å². The number of carbonyl (C=O) groups excluding carboxylic acids is 3. The summed E-state index contributed by atoms with van der Waals surface area (Å²) in [5.41, 5.74) is 0. The standard InChI is InChI=1S/C14H22N2O4/c1-9-4-2-3-5-10(9)15-13(18)8-20-14(19)11-6-7-12(17)16-11/h9-11H,2-8H2,1H3,(H,15,18)(H,16,17)/t9-,10-,11+/m1/s1. The lowest BCUT2D eigenvalue weighted by Crippen LogP contribution is -2.43. The van der Waals surface area contributed by atoms with E-state index in [4.69, 9.17) is 4.74 Å². The van der Waals surface area contributed by atoms with Crippen molar-refractivity contribution >= 4 is 17.8 Å². The first kappa shape index (κ1) is 14.8. The van der Waals surface area contributed by atoms with Gasteiger partial charge in [0.05, 0.1) is 0 Å². The third-order valence-corrected chi connectivity index (χ3v) is 4.08. The van der Waals surface area contributed by atoms with Crippen molar-refractivity contribution in [1.82, 2.24) is 10.6 Å². The first-order valence-corrected chi connectivity index (χ1v) is 7.31. The van der Waals surface area contributed by atoms with Gasteiger partial charge in [-0.05, 0) is 25.2 Å². The van der Waals surface area contributed by atoms with Crippen LogP contribution in [0.25, 0.3) is 0 Å². The number of hydrogen-bond donors (Lipinski definition) is 2. The molecule has 0 aromatic carbocycles. The molecule has 112 valence electrons. The van der Waals surface area contributed by atoms with Gasteiger partial charge in [0.2, 0.25) is 5.91 Å². The monoisotopic (exact) mass is 282 g/mol. The Morgan fingerprint density at radius 1 is 1.30 bits per heavy atom. The molecular weight excluding hydrogens is 260 g/mol. The van der Waals surface area contributed by atoms with Gasteiger partial charge in [-0.15, -0.1) is 0 Å². The highest BCUT2D eigenvalue weighted by molar-refractivity contribution is 5.89. The number of hydrogen-bond acceptors (Lipinski definition) is 4. The minimum absolute atomic E-state index is 0.146. The van der Waals surface area contributed by atoms with Gasteiger partial charge in [-0.2, -0.15) is 0 Å². The summed E-state index contributed by atoms with van der Waals surface area (Å²) in [5, 5.41) is 5.44. The second kappa shape index (κ2) is 6.72. The number of amides is 2. The zero-order valence-electron chi connectivity index (χ0n) is 11.8. The van der Waals surface area contributed by atoms with Gasteiger partial charge in [-0.1, -0.05) is 19.8 Å². The van der Waals surface area contributed by atoms with Crippen LogP contribution in [0.4, 0.5) is 0 Å². The Morgan fingerprint density at radius 2 is 2.05 bits per heavy atom. The zero-order chi connectivity index (χ0) is 14.5. The van der Waals surface area contributed by atoms with Gasteiger partial charge in [0, 0.05) is 12.5 Å². The molecule has 20 heavy (non-hydrogen) atoms. The van der Waals surface area contributed by atoms with E-state index in [1.54, 1.807) is 0 Å². The molecule has 1 aliphatic carbocycles. The van der Waals surface area contributed by atoms with Gasteiger partial charge in [0.25, 0.3) is 5.91 Å². The maximum absolute atomic E-state index is 11.8. The van der Waals surface area contributed by atoms with E-state index >= 15 is 0 Å². The fraction of sp³-hybridized carbons (Fsp3) is 0.786. The maximum atomic E-state index is 11.8. The summed E-state index contributed by atoms with van der Waals surface area (Å²) in [5.74, 6) is -0.464. The van der Waals surface area contributed by atoms with Crippen LogP contribution in [0.3, 0.4) is 0 Å². The summed E-state index contributed by atoms with van der Waals surface area (Å²) in [6.07, 6.45) is 5.23. The van der Waals surface area contributed by atoms with E-state index < -0.39 is 12.0 Å². The smallest absolute Gasteiger partial charge is 0.329 e. The summed E-state index contributed by atoms with van der Waals surface area (Å²) in [6, 6.07) is -0.412. The van der Waals surface area contributed by atoms with Crippen LogP contribution in [-0.4, -0.2) is 36.5 Å². The van der Waals surface area contributed by atoms with Gasteiger partial charge < -0.3 is 15.4 Å². The maximum Gasteiger partial charge on any atom is 0.329 e. The molecule has 1 aliphatic heterocycles. The number of carbonyl (C=O) groups is 3. The van der Waals surface area contributed by atoms with E-state index in [0.29, 0.717) is 18.8 Å². The molecule has 1 heterocycles. The SMILES string of the molecule is C[C@@H]1CCCC[C@H]1NC(=O)COC(=O)[C@@H]1CCC(=O)N1. The lowest BCUT2D eigenvalue weighted by molar-refractivity contribution is -0.151. The van der Waals surface area contributed by atoms with E-state index in [2.05, 4.69) is 17.6 Å². The molecule has 0 spiro atoms. The van der Waals surface area contributed by atoms with E-state index in [1.807, 2.05) is 0 Å². The van der Waals surface area contributed by atoms with Crippen LogP contribution in [0.1, 0.15) is 45.4 Å². The average molecular weight is 282 g/mol. The van der Waals surface area contributed by atoms with Crippen molar-refractivity contribution < 1.29 is 19.1 Å². The molecule has 2 rings (SSSR count). The third kappa shape index (κ3) is 3.95. The predicted octanol–water partition coefficient (Wildman–Crippen LogP) is 0.503. The van der Waals surface area contributed by atoms with Crippen molar-refractivity contribution in [3.8, 4) is 0 Å². The minimum atomic E-state index is -0.594. The molecule has 1 saturated heterocycles. The normalized spacial score (nSPS) is 29.6. The Bertz CT molecular complexity index is 397. The van der Waals surface area contributed by atoms with Crippen LogP contribution in [0.5, 0.6) is 0 Å². The summed E-state index contributed by atoms with van der Waals surface area (Å²) in [6.45, 7) is 1.86. The molecule has 6 nitrogen and oxygen atoms in total. The summed E-state index contributed by atoms with van der Waals surface area (Å²) >= 11 is 0. The molecule has 0 radical (unpaired) electrons. The summed E-state index contributed by atoms with van der Waals surface area (Å²) in [7, 11) is 0. The number of rotatable bonds is 4. The highest BCUT2D eigenvalue weighted by Crippen LogP contribution is 2.23. The fourth-order valence-corrected chi connectivity index (χ4v) is 2.81. The quantitative estimate of drug-likeness (QED) is 0.736. The van der Waals surface area contributed by atoms with Crippen molar-refractivity contribution in [2.45, 2.75) is 57.5 Å². The van der Waals surface area contributed by atoms with Crippen LogP contribution < -0.4 is 10.6 Å². The Balaban J connectivity index is 1.69. The highest BCUT2D eigenvalue weighted by atomic mass is 16.5. The first-order valence-electron chi connectivity index (χ1n) is 7.31. The molecule has 0 aromatic rings. The molecule has 6 heteroatoms. The zero-order valence-corrected chi connectivity index (χ0v) is 11.8.